The molecule has 0 saturated carbocycles. The molecule has 1 atom stereocenters. The molecule has 2 amide bonds. The smallest absolute Gasteiger partial charge is 0.410 e. The van der Waals surface area contributed by atoms with E-state index in [2.05, 4.69) is 5.10 Å². The molecule has 0 radical (unpaired) electrons. The molecule has 1 saturated heterocycles. The molecule has 1 aromatic carbocycles. The minimum absolute atomic E-state index is 0.0342. The molecule has 8 heteroatoms. The Morgan fingerprint density at radius 1 is 1.23 bits per heavy atom. The number of ether oxygens (including phenoxy) is 1. The second-order valence-electron chi connectivity index (χ2n) is 6.45. The lowest BCUT2D eigenvalue weighted by molar-refractivity contribution is -0.133. The van der Waals surface area contributed by atoms with Crippen molar-refractivity contribution in [1.82, 2.24) is 19.6 Å². The Morgan fingerprint density at radius 2 is 2.04 bits per heavy atom. The zero-order valence-corrected chi connectivity index (χ0v) is 14.2. The normalized spacial score (nSPS) is 17.8. The van der Waals surface area contributed by atoms with Crippen molar-refractivity contribution in [2.24, 2.45) is 0 Å². The van der Waals surface area contributed by atoms with E-state index >= 15 is 0 Å². The molecule has 2 aliphatic heterocycles. The van der Waals surface area contributed by atoms with E-state index in [1.807, 2.05) is 41.1 Å². The van der Waals surface area contributed by atoms with Gasteiger partial charge in [0.15, 0.2) is 0 Å². The predicted octanol–water partition coefficient (Wildman–Crippen LogP) is 0.759. The molecule has 8 nitrogen and oxygen atoms in total. The van der Waals surface area contributed by atoms with Crippen LogP contribution in [-0.2, 0) is 22.6 Å². The van der Waals surface area contributed by atoms with Gasteiger partial charge in [-0.2, -0.15) is 5.10 Å². The number of hydrogen-bond donors (Lipinski definition) is 1. The van der Waals surface area contributed by atoms with Crippen LogP contribution in [0.2, 0.25) is 0 Å². The molecular weight excluding hydrogens is 336 g/mol. The lowest BCUT2D eigenvalue weighted by Crippen LogP contribution is -2.44. The summed E-state index contributed by atoms with van der Waals surface area (Å²) in [5, 5.41) is 15.0. The van der Waals surface area contributed by atoms with Crippen molar-refractivity contribution in [3.05, 3.63) is 53.3 Å². The summed E-state index contributed by atoms with van der Waals surface area (Å²) in [6.07, 6.45) is -1.23. The molecule has 26 heavy (non-hydrogen) atoms. The number of carbonyl (C=O) groups excluding carboxylic acids is 2. The monoisotopic (exact) mass is 356 g/mol. The van der Waals surface area contributed by atoms with Crippen molar-refractivity contribution in [3.63, 3.8) is 0 Å². The Kier molecular flexibility index (Phi) is 4.34. The lowest BCUT2D eigenvalue weighted by Gasteiger charge is -2.28. The Labute approximate surface area is 150 Å². The molecule has 3 heterocycles. The van der Waals surface area contributed by atoms with Crippen LogP contribution in [0.15, 0.2) is 36.4 Å². The minimum atomic E-state index is -0.794. The highest BCUT2D eigenvalue weighted by Gasteiger charge is 2.29. The largest absolute Gasteiger partial charge is 0.448 e. The first kappa shape index (κ1) is 16.6. The van der Waals surface area contributed by atoms with Crippen molar-refractivity contribution in [3.8, 4) is 0 Å². The van der Waals surface area contributed by atoms with Crippen LogP contribution >= 0.6 is 0 Å². The van der Waals surface area contributed by atoms with Crippen LogP contribution < -0.4 is 0 Å². The van der Waals surface area contributed by atoms with Crippen molar-refractivity contribution in [1.29, 1.82) is 0 Å². The maximum Gasteiger partial charge on any atom is 0.410 e. The fourth-order valence-corrected chi connectivity index (χ4v) is 3.27. The van der Waals surface area contributed by atoms with Gasteiger partial charge in [0, 0.05) is 6.54 Å². The zero-order valence-electron chi connectivity index (χ0n) is 14.2. The van der Waals surface area contributed by atoms with E-state index in [0.29, 0.717) is 38.5 Å². The van der Waals surface area contributed by atoms with E-state index in [4.69, 9.17) is 4.74 Å². The summed E-state index contributed by atoms with van der Waals surface area (Å²) in [6.45, 7) is 2.32. The molecule has 1 aromatic heterocycles. The second kappa shape index (κ2) is 6.80. The first-order valence-electron chi connectivity index (χ1n) is 8.61. The van der Waals surface area contributed by atoms with E-state index in [0.717, 1.165) is 11.3 Å². The van der Waals surface area contributed by atoms with Gasteiger partial charge in [-0.05, 0) is 11.6 Å². The molecule has 2 aliphatic rings. The molecule has 0 spiro atoms. The minimum Gasteiger partial charge on any atom is -0.448 e. The number of carbonyl (C=O) groups is 2. The number of rotatable bonds is 4. The zero-order chi connectivity index (χ0) is 18.1. The van der Waals surface area contributed by atoms with Crippen LogP contribution in [0.5, 0.6) is 0 Å². The quantitative estimate of drug-likeness (QED) is 0.874. The third-order valence-corrected chi connectivity index (χ3v) is 4.74. The standard InChI is InChI=1S/C18H20N4O4/c23-16(12-21-8-9-26-18(21)25)20-6-7-22-14(11-20)10-15(19-22)17(24)13-4-2-1-3-5-13/h1-5,10,17,24H,6-9,11-12H2/t17-/m0/s1. The SMILES string of the molecule is O=C(CN1CCOC1=O)N1CCn2nc([C@@H](O)c3ccccc3)cc2C1. The van der Waals surface area contributed by atoms with Gasteiger partial charge in [-0.1, -0.05) is 30.3 Å². The van der Waals surface area contributed by atoms with Gasteiger partial charge in [0.05, 0.1) is 31.0 Å². The summed E-state index contributed by atoms with van der Waals surface area (Å²) >= 11 is 0. The fourth-order valence-electron chi connectivity index (χ4n) is 3.27. The van der Waals surface area contributed by atoms with Crippen LogP contribution in [0, 0.1) is 0 Å². The van der Waals surface area contributed by atoms with E-state index < -0.39 is 12.2 Å². The summed E-state index contributed by atoms with van der Waals surface area (Å²) in [5.74, 6) is -0.110. The molecule has 0 bridgehead atoms. The first-order valence-corrected chi connectivity index (χ1v) is 8.61. The van der Waals surface area contributed by atoms with Crippen LogP contribution in [0.25, 0.3) is 0 Å². The van der Waals surface area contributed by atoms with E-state index in [1.54, 1.807) is 4.90 Å². The highest BCUT2D eigenvalue weighted by Crippen LogP contribution is 2.23. The topological polar surface area (TPSA) is 87.9 Å². The molecule has 136 valence electrons. The summed E-state index contributed by atoms with van der Waals surface area (Å²) in [5.41, 5.74) is 2.23. The molecule has 1 N–H and O–H groups in total. The fraction of sp³-hybridized carbons (Fsp3) is 0.389. The Morgan fingerprint density at radius 3 is 2.77 bits per heavy atom. The predicted molar refractivity (Wildman–Crippen MR) is 91.1 cm³/mol. The van der Waals surface area contributed by atoms with Gasteiger partial charge in [-0.25, -0.2) is 4.79 Å². The van der Waals surface area contributed by atoms with Gasteiger partial charge in [-0.3, -0.25) is 14.4 Å². The second-order valence-corrected chi connectivity index (χ2v) is 6.45. The summed E-state index contributed by atoms with van der Waals surface area (Å²) in [6, 6.07) is 11.2. The van der Waals surface area contributed by atoms with Gasteiger partial charge in [-0.15, -0.1) is 0 Å². The highest BCUT2D eigenvalue weighted by molar-refractivity contribution is 5.83. The van der Waals surface area contributed by atoms with Gasteiger partial charge in [0.2, 0.25) is 5.91 Å². The average molecular weight is 356 g/mol. The summed E-state index contributed by atoms with van der Waals surface area (Å²) in [4.78, 5) is 27.1. The van der Waals surface area contributed by atoms with Crippen molar-refractivity contribution >= 4 is 12.0 Å². The number of aliphatic hydroxyl groups excluding tert-OH is 1. The van der Waals surface area contributed by atoms with E-state index in [-0.39, 0.29) is 12.5 Å². The van der Waals surface area contributed by atoms with Crippen molar-refractivity contribution in [2.45, 2.75) is 19.2 Å². The van der Waals surface area contributed by atoms with Crippen LogP contribution in [0.1, 0.15) is 23.1 Å². The molecule has 0 unspecified atom stereocenters. The maximum absolute atomic E-state index is 12.5. The Hall–Kier alpha value is -2.87. The van der Waals surface area contributed by atoms with E-state index in [1.165, 1.54) is 4.90 Å². The summed E-state index contributed by atoms with van der Waals surface area (Å²) < 4.78 is 6.68. The first-order chi connectivity index (χ1) is 12.6. The third-order valence-electron chi connectivity index (χ3n) is 4.74. The maximum atomic E-state index is 12.5. The number of aliphatic hydroxyl groups is 1. The number of hydrogen-bond acceptors (Lipinski definition) is 5. The number of amides is 2. The number of fused-ring (bicyclic) bond motifs is 1. The molecule has 1 fully saturated rings. The van der Waals surface area contributed by atoms with Gasteiger partial charge in [0.25, 0.3) is 0 Å². The number of cyclic esters (lactones) is 1. The third kappa shape index (κ3) is 3.15. The lowest BCUT2D eigenvalue weighted by atomic mass is 10.1. The molecule has 0 aliphatic carbocycles. The number of aromatic nitrogens is 2. The van der Waals surface area contributed by atoms with Gasteiger partial charge >= 0.3 is 6.09 Å². The molecule has 2 aromatic rings. The van der Waals surface area contributed by atoms with Gasteiger partial charge in [0.1, 0.15) is 19.3 Å². The molecule has 4 rings (SSSR count). The van der Waals surface area contributed by atoms with Crippen molar-refractivity contribution < 1.29 is 19.4 Å². The van der Waals surface area contributed by atoms with Crippen LogP contribution in [-0.4, -0.2) is 62.9 Å². The van der Waals surface area contributed by atoms with Gasteiger partial charge < -0.3 is 14.7 Å². The average Bonchev–Trinajstić information content (AvgIpc) is 3.27. The summed E-state index contributed by atoms with van der Waals surface area (Å²) in [7, 11) is 0. The Balaban J connectivity index is 1.45. The Bertz CT molecular complexity index is 820. The molecular formula is C18H20N4O4. The highest BCUT2D eigenvalue weighted by atomic mass is 16.6. The van der Waals surface area contributed by atoms with Crippen LogP contribution in [0.4, 0.5) is 4.79 Å². The van der Waals surface area contributed by atoms with E-state index in [9.17, 15) is 14.7 Å². The number of benzene rings is 1. The van der Waals surface area contributed by atoms with Crippen LogP contribution in [0.3, 0.4) is 0 Å². The van der Waals surface area contributed by atoms with Crippen molar-refractivity contribution in [2.75, 3.05) is 26.2 Å². The number of nitrogens with zero attached hydrogens (tertiary/aromatic N) is 4.